The number of hydrogen-bond acceptors (Lipinski definition) is 2. The van der Waals surface area contributed by atoms with Crippen molar-refractivity contribution in [1.29, 1.82) is 0 Å². The highest BCUT2D eigenvalue weighted by molar-refractivity contribution is 6.42. The molecule has 1 aromatic rings. The lowest BCUT2D eigenvalue weighted by Crippen LogP contribution is -2.17. The molecule has 0 bridgehead atoms. The molecule has 0 radical (unpaired) electrons. The van der Waals surface area contributed by atoms with E-state index in [1.165, 1.54) is 0 Å². The molecule has 4 heteroatoms. The number of ether oxygens (including phenoxy) is 1. The molecule has 0 fully saturated rings. The summed E-state index contributed by atoms with van der Waals surface area (Å²) >= 11 is 11.7. The maximum atomic E-state index is 5.90. The minimum Gasteiger partial charge on any atom is -0.385 e. The summed E-state index contributed by atoms with van der Waals surface area (Å²) < 4.78 is 5.01. The predicted molar refractivity (Wildman–Crippen MR) is 66.0 cm³/mol. The topological polar surface area (TPSA) is 21.3 Å². The van der Waals surface area contributed by atoms with Gasteiger partial charge in [0.25, 0.3) is 0 Å². The van der Waals surface area contributed by atoms with Gasteiger partial charge in [-0.3, -0.25) is 0 Å². The fourth-order valence-electron chi connectivity index (χ4n) is 1.24. The molecule has 1 aromatic carbocycles. The van der Waals surface area contributed by atoms with E-state index in [-0.39, 0.29) is 0 Å². The third-order valence-electron chi connectivity index (χ3n) is 2.09. The first kappa shape index (κ1) is 12.6. The fraction of sp³-hybridized carbons (Fsp3) is 0.455. The van der Waals surface area contributed by atoms with Crippen LogP contribution in [-0.4, -0.2) is 19.8 Å². The van der Waals surface area contributed by atoms with Crippen LogP contribution in [0.15, 0.2) is 18.2 Å². The summed E-state index contributed by atoms with van der Waals surface area (Å²) in [6, 6.07) is 5.88. The zero-order chi connectivity index (χ0) is 11.3. The quantitative estimate of drug-likeness (QED) is 0.854. The van der Waals surface area contributed by atoms with Gasteiger partial charge >= 0.3 is 0 Å². The number of methoxy groups -OCH3 is 1. The first-order chi connectivity index (χ1) is 7.13. The highest BCUT2D eigenvalue weighted by Crippen LogP contribution is 2.25. The van der Waals surface area contributed by atoms with Gasteiger partial charge in [-0.1, -0.05) is 23.2 Å². The summed E-state index contributed by atoms with van der Waals surface area (Å²) in [6.45, 7) is 2.84. The van der Waals surface area contributed by atoms with E-state index in [2.05, 4.69) is 12.2 Å². The largest absolute Gasteiger partial charge is 0.385 e. The summed E-state index contributed by atoms with van der Waals surface area (Å²) in [6.07, 6.45) is 0.955. The first-order valence-corrected chi connectivity index (χ1v) is 5.59. The van der Waals surface area contributed by atoms with Gasteiger partial charge in [-0.05, 0) is 31.5 Å². The average molecular weight is 248 g/mol. The van der Waals surface area contributed by atoms with Gasteiger partial charge in [-0.2, -0.15) is 0 Å². The molecular weight excluding hydrogens is 233 g/mol. The SMILES string of the molecule is COCCC(C)Nc1ccc(Cl)c(Cl)c1. The van der Waals surface area contributed by atoms with Crippen LogP contribution in [0.1, 0.15) is 13.3 Å². The first-order valence-electron chi connectivity index (χ1n) is 4.84. The molecule has 0 aliphatic carbocycles. The van der Waals surface area contributed by atoms with E-state index in [0.717, 1.165) is 18.7 Å². The Labute approximate surface area is 101 Å². The molecule has 0 aliphatic heterocycles. The minimum absolute atomic E-state index is 0.349. The summed E-state index contributed by atoms with van der Waals surface area (Å²) in [5.74, 6) is 0. The van der Waals surface area contributed by atoms with Gasteiger partial charge in [0, 0.05) is 25.4 Å². The van der Waals surface area contributed by atoms with Crippen LogP contribution in [0.3, 0.4) is 0 Å². The van der Waals surface area contributed by atoms with Gasteiger partial charge in [0.1, 0.15) is 0 Å². The number of halogens is 2. The molecule has 0 aliphatic rings. The number of anilines is 1. The van der Waals surface area contributed by atoms with Crippen molar-refractivity contribution in [1.82, 2.24) is 0 Å². The number of nitrogens with one attached hydrogen (secondary N) is 1. The molecule has 0 saturated heterocycles. The normalized spacial score (nSPS) is 12.5. The van der Waals surface area contributed by atoms with Crippen molar-refractivity contribution < 1.29 is 4.74 Å². The monoisotopic (exact) mass is 247 g/mol. The van der Waals surface area contributed by atoms with E-state index in [1.54, 1.807) is 13.2 Å². The molecule has 0 aromatic heterocycles. The van der Waals surface area contributed by atoms with E-state index in [4.69, 9.17) is 27.9 Å². The van der Waals surface area contributed by atoms with Crippen LogP contribution in [-0.2, 0) is 4.74 Å². The van der Waals surface area contributed by atoms with Crippen molar-refractivity contribution in [3.63, 3.8) is 0 Å². The Balaban J connectivity index is 2.53. The Morgan fingerprint density at radius 3 is 2.67 bits per heavy atom. The Morgan fingerprint density at radius 1 is 1.33 bits per heavy atom. The standard InChI is InChI=1S/C11H15Cl2NO/c1-8(5-6-15-2)14-9-3-4-10(12)11(13)7-9/h3-4,7-8,14H,5-6H2,1-2H3. The molecule has 1 atom stereocenters. The van der Waals surface area contributed by atoms with Crippen LogP contribution < -0.4 is 5.32 Å². The molecule has 84 valence electrons. The Kier molecular flexibility index (Phi) is 5.23. The van der Waals surface area contributed by atoms with Crippen molar-refractivity contribution in [2.24, 2.45) is 0 Å². The van der Waals surface area contributed by atoms with Gasteiger partial charge in [-0.25, -0.2) is 0 Å². The van der Waals surface area contributed by atoms with E-state index >= 15 is 0 Å². The number of benzene rings is 1. The smallest absolute Gasteiger partial charge is 0.0612 e. The fourth-order valence-corrected chi connectivity index (χ4v) is 1.54. The predicted octanol–water partition coefficient (Wildman–Crippen LogP) is 3.83. The van der Waals surface area contributed by atoms with Crippen LogP contribution in [0, 0.1) is 0 Å². The van der Waals surface area contributed by atoms with Gasteiger partial charge in [0.2, 0.25) is 0 Å². The second kappa shape index (κ2) is 6.21. The second-order valence-corrected chi connectivity index (χ2v) is 4.27. The molecule has 0 amide bonds. The molecule has 1 unspecified atom stereocenters. The highest BCUT2D eigenvalue weighted by atomic mass is 35.5. The van der Waals surface area contributed by atoms with E-state index in [0.29, 0.717) is 16.1 Å². The molecule has 0 spiro atoms. The van der Waals surface area contributed by atoms with Gasteiger partial charge < -0.3 is 10.1 Å². The second-order valence-electron chi connectivity index (χ2n) is 3.46. The highest BCUT2D eigenvalue weighted by Gasteiger charge is 2.03. The Hall–Kier alpha value is -0.440. The van der Waals surface area contributed by atoms with Crippen LogP contribution in [0.5, 0.6) is 0 Å². The molecule has 1 rings (SSSR count). The lowest BCUT2D eigenvalue weighted by Gasteiger charge is -2.15. The van der Waals surface area contributed by atoms with Crippen LogP contribution in [0.25, 0.3) is 0 Å². The van der Waals surface area contributed by atoms with E-state index < -0.39 is 0 Å². The summed E-state index contributed by atoms with van der Waals surface area (Å²) in [5, 5.41) is 4.47. The molecule has 0 heterocycles. The van der Waals surface area contributed by atoms with Crippen LogP contribution in [0.4, 0.5) is 5.69 Å². The van der Waals surface area contributed by atoms with E-state index in [9.17, 15) is 0 Å². The van der Waals surface area contributed by atoms with Gasteiger partial charge in [0.15, 0.2) is 0 Å². The summed E-state index contributed by atoms with van der Waals surface area (Å²) in [5.41, 5.74) is 0.980. The molecule has 2 nitrogen and oxygen atoms in total. The van der Waals surface area contributed by atoms with E-state index in [1.807, 2.05) is 12.1 Å². The maximum Gasteiger partial charge on any atom is 0.0612 e. The molecule has 15 heavy (non-hydrogen) atoms. The van der Waals surface area contributed by atoms with Crippen LogP contribution >= 0.6 is 23.2 Å². The zero-order valence-electron chi connectivity index (χ0n) is 8.89. The number of rotatable bonds is 5. The maximum absolute atomic E-state index is 5.90. The van der Waals surface area contributed by atoms with Crippen molar-refractivity contribution in [2.75, 3.05) is 19.0 Å². The Morgan fingerprint density at radius 2 is 2.07 bits per heavy atom. The van der Waals surface area contributed by atoms with Crippen molar-refractivity contribution in [3.8, 4) is 0 Å². The summed E-state index contributed by atoms with van der Waals surface area (Å²) in [4.78, 5) is 0. The minimum atomic E-state index is 0.349. The lowest BCUT2D eigenvalue weighted by molar-refractivity contribution is 0.191. The molecular formula is C11H15Cl2NO. The van der Waals surface area contributed by atoms with Crippen molar-refractivity contribution >= 4 is 28.9 Å². The lowest BCUT2D eigenvalue weighted by atomic mass is 10.2. The van der Waals surface area contributed by atoms with Gasteiger partial charge in [-0.15, -0.1) is 0 Å². The van der Waals surface area contributed by atoms with Crippen molar-refractivity contribution in [2.45, 2.75) is 19.4 Å². The average Bonchev–Trinajstić information content (AvgIpc) is 2.20. The van der Waals surface area contributed by atoms with Crippen molar-refractivity contribution in [3.05, 3.63) is 28.2 Å². The molecule has 0 saturated carbocycles. The third-order valence-corrected chi connectivity index (χ3v) is 2.83. The summed E-state index contributed by atoms with van der Waals surface area (Å²) in [7, 11) is 1.70. The van der Waals surface area contributed by atoms with Gasteiger partial charge in [0.05, 0.1) is 10.0 Å². The van der Waals surface area contributed by atoms with Crippen LogP contribution in [0.2, 0.25) is 10.0 Å². The number of hydrogen-bond donors (Lipinski definition) is 1. The Bertz CT molecular complexity index is 317. The molecule has 1 N–H and O–H groups in total. The zero-order valence-corrected chi connectivity index (χ0v) is 10.4. The third kappa shape index (κ3) is 4.29.